The largest absolute Gasteiger partial charge is 0.469 e. The number of carbonyl (C=O) groups excluding carboxylic acids is 1. The maximum Gasteiger partial charge on any atom is 0.306 e. The van der Waals surface area contributed by atoms with E-state index in [1.807, 2.05) is 25.1 Å². The lowest BCUT2D eigenvalue weighted by molar-refractivity contribution is -0.141. The average molecular weight is 242 g/mol. The van der Waals surface area contributed by atoms with E-state index in [4.69, 9.17) is 17.3 Å². The lowest BCUT2D eigenvalue weighted by Gasteiger charge is -2.27. The molecule has 1 atom stereocenters. The first-order valence-corrected chi connectivity index (χ1v) is 5.42. The molecule has 0 aliphatic rings. The van der Waals surface area contributed by atoms with Crippen molar-refractivity contribution in [2.45, 2.75) is 18.8 Å². The van der Waals surface area contributed by atoms with Gasteiger partial charge in [-0.05, 0) is 17.7 Å². The van der Waals surface area contributed by atoms with Gasteiger partial charge in [-0.3, -0.25) is 4.79 Å². The maximum atomic E-state index is 11.3. The molecule has 0 spiro atoms. The van der Waals surface area contributed by atoms with Crippen LogP contribution in [0.15, 0.2) is 24.3 Å². The Labute approximate surface area is 101 Å². The summed E-state index contributed by atoms with van der Waals surface area (Å²) >= 11 is 5.92. The van der Waals surface area contributed by atoms with Crippen molar-refractivity contribution in [3.05, 3.63) is 34.9 Å². The number of halogens is 1. The summed E-state index contributed by atoms with van der Waals surface area (Å²) in [5.41, 5.74) is 6.26. The highest BCUT2D eigenvalue weighted by atomic mass is 35.5. The Morgan fingerprint density at radius 1 is 1.56 bits per heavy atom. The average Bonchev–Trinajstić information content (AvgIpc) is 2.28. The van der Waals surface area contributed by atoms with E-state index in [1.54, 1.807) is 6.07 Å². The van der Waals surface area contributed by atoms with Crippen LogP contribution >= 0.6 is 11.6 Å². The van der Waals surface area contributed by atoms with Gasteiger partial charge in [0.05, 0.1) is 13.5 Å². The predicted molar refractivity (Wildman–Crippen MR) is 64.5 cm³/mol. The highest BCUT2D eigenvalue weighted by Crippen LogP contribution is 2.28. The van der Waals surface area contributed by atoms with E-state index in [2.05, 4.69) is 4.74 Å². The molecule has 1 rings (SSSR count). The van der Waals surface area contributed by atoms with Gasteiger partial charge in [-0.1, -0.05) is 30.7 Å². The third kappa shape index (κ3) is 2.97. The van der Waals surface area contributed by atoms with Crippen molar-refractivity contribution < 1.29 is 9.53 Å². The quantitative estimate of drug-likeness (QED) is 0.822. The molecule has 3 nitrogen and oxygen atoms in total. The van der Waals surface area contributed by atoms with Gasteiger partial charge in [0.2, 0.25) is 0 Å². The Hall–Kier alpha value is -1.06. The molecule has 0 aromatic heterocycles. The minimum absolute atomic E-state index is 0.250. The number of esters is 1. The highest BCUT2D eigenvalue weighted by molar-refractivity contribution is 6.30. The van der Waals surface area contributed by atoms with E-state index in [-0.39, 0.29) is 12.4 Å². The highest BCUT2D eigenvalue weighted by Gasteiger charge is 2.28. The standard InChI is InChI=1S/C12H16ClNO2/c1-12(8-14,7-11(15)16-2)9-4-3-5-10(13)6-9/h3-6H,7-8,14H2,1-2H3. The molecule has 0 amide bonds. The second kappa shape index (κ2) is 5.32. The number of rotatable bonds is 4. The molecule has 1 aromatic rings. The van der Waals surface area contributed by atoms with Crippen LogP contribution in [0, 0.1) is 0 Å². The van der Waals surface area contributed by atoms with Gasteiger partial charge >= 0.3 is 5.97 Å². The molecule has 0 saturated carbocycles. The summed E-state index contributed by atoms with van der Waals surface area (Å²) in [7, 11) is 1.37. The summed E-state index contributed by atoms with van der Waals surface area (Å²) < 4.78 is 4.67. The molecule has 1 unspecified atom stereocenters. The minimum Gasteiger partial charge on any atom is -0.469 e. The SMILES string of the molecule is COC(=O)CC(C)(CN)c1cccc(Cl)c1. The Morgan fingerprint density at radius 3 is 2.75 bits per heavy atom. The summed E-state index contributed by atoms with van der Waals surface area (Å²) in [4.78, 5) is 11.3. The van der Waals surface area contributed by atoms with Crippen molar-refractivity contribution in [3.63, 3.8) is 0 Å². The van der Waals surface area contributed by atoms with E-state index >= 15 is 0 Å². The van der Waals surface area contributed by atoms with Crippen LogP contribution in [0.4, 0.5) is 0 Å². The fourth-order valence-electron chi connectivity index (χ4n) is 1.55. The lowest BCUT2D eigenvalue weighted by Crippen LogP contribution is -2.34. The predicted octanol–water partition coefficient (Wildman–Crippen LogP) is 2.12. The molecule has 0 aliphatic heterocycles. The molecule has 0 bridgehead atoms. The Kier molecular flexibility index (Phi) is 4.33. The first kappa shape index (κ1) is 13.0. The number of ether oxygens (including phenoxy) is 1. The second-order valence-electron chi connectivity index (χ2n) is 4.03. The molecule has 4 heteroatoms. The third-order valence-corrected chi connectivity index (χ3v) is 2.97. The van der Waals surface area contributed by atoms with Crippen molar-refractivity contribution in [1.29, 1.82) is 0 Å². The topological polar surface area (TPSA) is 52.3 Å². The maximum absolute atomic E-state index is 11.3. The monoisotopic (exact) mass is 241 g/mol. The van der Waals surface area contributed by atoms with E-state index in [0.717, 1.165) is 5.56 Å². The number of methoxy groups -OCH3 is 1. The van der Waals surface area contributed by atoms with Crippen LogP contribution in [0.2, 0.25) is 5.02 Å². The number of hydrogen-bond acceptors (Lipinski definition) is 3. The van der Waals surface area contributed by atoms with Gasteiger partial charge in [0.15, 0.2) is 0 Å². The molecule has 16 heavy (non-hydrogen) atoms. The fourth-order valence-corrected chi connectivity index (χ4v) is 1.74. The first-order valence-electron chi connectivity index (χ1n) is 5.05. The summed E-state index contributed by atoms with van der Waals surface area (Å²) in [6.07, 6.45) is 0.250. The zero-order valence-electron chi connectivity index (χ0n) is 9.50. The summed E-state index contributed by atoms with van der Waals surface area (Å²) in [5, 5.41) is 0.641. The van der Waals surface area contributed by atoms with Crippen molar-refractivity contribution >= 4 is 17.6 Å². The van der Waals surface area contributed by atoms with Gasteiger partial charge < -0.3 is 10.5 Å². The van der Waals surface area contributed by atoms with Crippen LogP contribution in [0.25, 0.3) is 0 Å². The van der Waals surface area contributed by atoms with Crippen molar-refractivity contribution in [2.24, 2.45) is 5.73 Å². The molecule has 0 heterocycles. The molecule has 1 aromatic carbocycles. The Balaban J connectivity index is 2.99. The molecule has 0 radical (unpaired) electrons. The molecule has 0 fully saturated rings. The summed E-state index contributed by atoms with van der Waals surface area (Å²) in [6, 6.07) is 7.39. The first-order chi connectivity index (χ1) is 7.51. The van der Waals surface area contributed by atoms with Crippen LogP contribution in [-0.4, -0.2) is 19.6 Å². The van der Waals surface area contributed by atoms with Gasteiger partial charge in [-0.15, -0.1) is 0 Å². The Morgan fingerprint density at radius 2 is 2.25 bits per heavy atom. The zero-order chi connectivity index (χ0) is 12.2. The number of hydrogen-bond donors (Lipinski definition) is 1. The van der Waals surface area contributed by atoms with E-state index in [9.17, 15) is 4.79 Å². The molecule has 88 valence electrons. The lowest BCUT2D eigenvalue weighted by atomic mass is 9.79. The van der Waals surface area contributed by atoms with Crippen LogP contribution in [0.5, 0.6) is 0 Å². The van der Waals surface area contributed by atoms with Gasteiger partial charge in [0.25, 0.3) is 0 Å². The molecule has 0 aliphatic carbocycles. The number of carbonyl (C=O) groups is 1. The van der Waals surface area contributed by atoms with Gasteiger partial charge in [-0.25, -0.2) is 0 Å². The molecule has 0 saturated heterocycles. The number of nitrogens with two attached hydrogens (primary N) is 1. The fraction of sp³-hybridized carbons (Fsp3) is 0.417. The zero-order valence-corrected chi connectivity index (χ0v) is 10.3. The van der Waals surface area contributed by atoms with E-state index in [0.29, 0.717) is 11.6 Å². The molecular formula is C12H16ClNO2. The summed E-state index contributed by atoms with van der Waals surface area (Å²) in [6.45, 7) is 2.29. The molecule has 2 N–H and O–H groups in total. The minimum atomic E-state index is -0.433. The smallest absolute Gasteiger partial charge is 0.306 e. The second-order valence-corrected chi connectivity index (χ2v) is 4.46. The van der Waals surface area contributed by atoms with Crippen LogP contribution in [0.1, 0.15) is 18.9 Å². The van der Waals surface area contributed by atoms with E-state index < -0.39 is 5.41 Å². The number of benzene rings is 1. The van der Waals surface area contributed by atoms with Gasteiger partial charge in [0.1, 0.15) is 0 Å². The van der Waals surface area contributed by atoms with Crippen molar-refractivity contribution in [2.75, 3.05) is 13.7 Å². The third-order valence-electron chi connectivity index (χ3n) is 2.73. The van der Waals surface area contributed by atoms with Gasteiger partial charge in [0, 0.05) is 17.0 Å². The summed E-state index contributed by atoms with van der Waals surface area (Å²) in [5.74, 6) is -0.270. The van der Waals surface area contributed by atoms with E-state index in [1.165, 1.54) is 7.11 Å². The van der Waals surface area contributed by atoms with Gasteiger partial charge in [-0.2, -0.15) is 0 Å². The normalized spacial score (nSPS) is 14.2. The van der Waals surface area contributed by atoms with Crippen LogP contribution in [0.3, 0.4) is 0 Å². The van der Waals surface area contributed by atoms with Crippen LogP contribution in [-0.2, 0) is 14.9 Å². The van der Waals surface area contributed by atoms with Crippen molar-refractivity contribution in [1.82, 2.24) is 0 Å². The molecular weight excluding hydrogens is 226 g/mol. The van der Waals surface area contributed by atoms with Crippen LogP contribution < -0.4 is 5.73 Å². The Bertz CT molecular complexity index is 381. The van der Waals surface area contributed by atoms with Crippen molar-refractivity contribution in [3.8, 4) is 0 Å².